The molecule has 0 amide bonds. The lowest BCUT2D eigenvalue weighted by atomic mass is 9.99. The Morgan fingerprint density at radius 2 is 1.75 bits per heavy atom. The number of hydrogen-bond acceptors (Lipinski definition) is 1. The highest BCUT2D eigenvalue weighted by Crippen LogP contribution is 2.17. The van der Waals surface area contributed by atoms with E-state index >= 15 is 0 Å². The molecule has 1 rings (SSSR count). The normalized spacial score (nSPS) is 20.9. The van der Waals surface area contributed by atoms with Gasteiger partial charge in [0.25, 0.3) is 0 Å². The molecule has 0 aliphatic carbocycles. The molecule has 0 aromatic rings. The zero-order chi connectivity index (χ0) is 11.6. The highest BCUT2D eigenvalue weighted by Gasteiger charge is 2.09. The van der Waals surface area contributed by atoms with E-state index in [4.69, 9.17) is 4.99 Å². The second kappa shape index (κ2) is 8.78. The van der Waals surface area contributed by atoms with Gasteiger partial charge in [-0.3, -0.25) is 4.99 Å². The molecule has 1 nitrogen and oxygen atoms in total. The first-order valence-corrected chi connectivity index (χ1v) is 7.38. The lowest BCUT2D eigenvalue weighted by Crippen LogP contribution is -2.12. The van der Waals surface area contributed by atoms with Gasteiger partial charge in [-0.25, -0.2) is 0 Å². The van der Waals surface area contributed by atoms with Gasteiger partial charge >= 0.3 is 0 Å². The molecule has 1 heteroatoms. The molecule has 0 aromatic heterocycles. The number of nitrogens with zero attached hydrogens (tertiary/aromatic N) is 1. The van der Waals surface area contributed by atoms with Gasteiger partial charge in [0, 0.05) is 11.8 Å². The second-order valence-corrected chi connectivity index (χ2v) is 5.31. The summed E-state index contributed by atoms with van der Waals surface area (Å²) in [6.45, 7) is 4.53. The largest absolute Gasteiger partial charge is 0.291 e. The van der Waals surface area contributed by atoms with Crippen LogP contribution in [0, 0.1) is 0 Å². The topological polar surface area (TPSA) is 12.4 Å². The van der Waals surface area contributed by atoms with Crippen molar-refractivity contribution in [3.05, 3.63) is 0 Å². The van der Waals surface area contributed by atoms with Crippen molar-refractivity contribution in [2.75, 3.05) is 0 Å². The number of hydrogen-bond donors (Lipinski definition) is 0. The van der Waals surface area contributed by atoms with E-state index in [0.717, 1.165) is 0 Å². The van der Waals surface area contributed by atoms with E-state index in [-0.39, 0.29) is 0 Å². The number of aliphatic imine (C=N–C) groups is 1. The summed E-state index contributed by atoms with van der Waals surface area (Å²) in [6, 6.07) is 0.605. The minimum atomic E-state index is 0.605. The molecule has 1 atom stereocenters. The molecule has 1 heterocycles. The summed E-state index contributed by atoms with van der Waals surface area (Å²) in [7, 11) is 0. The summed E-state index contributed by atoms with van der Waals surface area (Å²) in [4.78, 5) is 4.75. The van der Waals surface area contributed by atoms with E-state index in [0.29, 0.717) is 6.04 Å². The lowest BCUT2D eigenvalue weighted by Gasteiger charge is -2.16. The van der Waals surface area contributed by atoms with Crippen LogP contribution < -0.4 is 0 Å². The molecule has 0 bridgehead atoms. The first-order chi connectivity index (χ1) is 7.83. The Kier molecular flexibility index (Phi) is 7.54. The van der Waals surface area contributed by atoms with Gasteiger partial charge in [-0.1, -0.05) is 45.4 Å². The van der Waals surface area contributed by atoms with E-state index in [2.05, 4.69) is 13.8 Å². The predicted molar refractivity (Wildman–Crippen MR) is 73.4 cm³/mol. The maximum Gasteiger partial charge on any atom is 0.0470 e. The van der Waals surface area contributed by atoms with Crippen molar-refractivity contribution in [2.24, 2.45) is 4.99 Å². The summed E-state index contributed by atoms with van der Waals surface area (Å²) in [5.74, 6) is 0. The van der Waals surface area contributed by atoms with Crippen LogP contribution in [-0.4, -0.2) is 11.8 Å². The molecule has 0 unspecified atom stereocenters. The third-order valence-electron chi connectivity index (χ3n) is 3.56. The van der Waals surface area contributed by atoms with Gasteiger partial charge in [-0.2, -0.15) is 0 Å². The molecule has 16 heavy (non-hydrogen) atoms. The van der Waals surface area contributed by atoms with Crippen molar-refractivity contribution in [3.8, 4) is 0 Å². The van der Waals surface area contributed by atoms with Crippen LogP contribution in [-0.2, 0) is 0 Å². The fourth-order valence-electron chi connectivity index (χ4n) is 2.52. The smallest absolute Gasteiger partial charge is 0.0470 e. The van der Waals surface area contributed by atoms with Crippen LogP contribution >= 0.6 is 0 Å². The molecule has 0 saturated carbocycles. The van der Waals surface area contributed by atoms with Crippen LogP contribution in [0.2, 0.25) is 0 Å². The highest BCUT2D eigenvalue weighted by molar-refractivity contribution is 5.85. The molecular weight excluding hydrogens is 194 g/mol. The van der Waals surface area contributed by atoms with E-state index in [1.807, 2.05) is 0 Å². The molecular formula is C15H29N. The van der Waals surface area contributed by atoms with E-state index < -0.39 is 0 Å². The zero-order valence-electron chi connectivity index (χ0n) is 11.3. The molecule has 0 saturated heterocycles. The summed E-state index contributed by atoms with van der Waals surface area (Å²) < 4.78 is 0. The fourth-order valence-corrected chi connectivity index (χ4v) is 2.52. The summed E-state index contributed by atoms with van der Waals surface area (Å²) in [5, 5.41) is 0. The van der Waals surface area contributed by atoms with Gasteiger partial charge in [-0.05, 0) is 39.0 Å². The summed E-state index contributed by atoms with van der Waals surface area (Å²) >= 11 is 0. The molecule has 0 aromatic carbocycles. The van der Waals surface area contributed by atoms with E-state index in [9.17, 15) is 0 Å². The number of unbranched alkanes of at least 4 members (excludes halogenated alkanes) is 6. The Labute approximate surface area is 102 Å². The van der Waals surface area contributed by atoms with Gasteiger partial charge < -0.3 is 0 Å². The van der Waals surface area contributed by atoms with Crippen LogP contribution in [0.1, 0.15) is 84.5 Å². The minimum Gasteiger partial charge on any atom is -0.291 e. The zero-order valence-corrected chi connectivity index (χ0v) is 11.3. The van der Waals surface area contributed by atoms with E-state index in [1.165, 1.54) is 76.3 Å². The van der Waals surface area contributed by atoms with Crippen molar-refractivity contribution in [1.82, 2.24) is 0 Å². The van der Waals surface area contributed by atoms with Gasteiger partial charge in [-0.15, -0.1) is 0 Å². The Hall–Kier alpha value is -0.330. The van der Waals surface area contributed by atoms with Crippen LogP contribution in [0.3, 0.4) is 0 Å². The predicted octanol–water partition coefficient (Wildman–Crippen LogP) is 5.14. The molecule has 0 spiro atoms. The molecule has 0 fully saturated rings. The van der Waals surface area contributed by atoms with Crippen molar-refractivity contribution in [1.29, 1.82) is 0 Å². The second-order valence-electron chi connectivity index (χ2n) is 5.31. The summed E-state index contributed by atoms with van der Waals surface area (Å²) in [5.41, 5.74) is 1.51. The molecule has 1 aliphatic heterocycles. The van der Waals surface area contributed by atoms with Crippen molar-refractivity contribution in [3.63, 3.8) is 0 Å². The van der Waals surface area contributed by atoms with Gasteiger partial charge in [0.05, 0.1) is 0 Å². The summed E-state index contributed by atoms with van der Waals surface area (Å²) in [6.07, 6.45) is 15.1. The Bertz CT molecular complexity index is 196. The van der Waals surface area contributed by atoms with Crippen LogP contribution in [0.4, 0.5) is 0 Å². The maximum atomic E-state index is 4.75. The standard InChI is InChI=1S/C15H29N/c1-3-4-5-6-7-8-9-12-15-13-10-11-14(2)16-15/h14H,3-13H2,1-2H3/t14-/m0/s1. The van der Waals surface area contributed by atoms with Crippen molar-refractivity contribution in [2.45, 2.75) is 90.5 Å². The minimum absolute atomic E-state index is 0.605. The van der Waals surface area contributed by atoms with Crippen LogP contribution in [0.15, 0.2) is 4.99 Å². The third kappa shape index (κ3) is 6.30. The van der Waals surface area contributed by atoms with Gasteiger partial charge in [0.15, 0.2) is 0 Å². The molecule has 94 valence electrons. The van der Waals surface area contributed by atoms with Crippen molar-refractivity contribution >= 4 is 5.71 Å². The molecule has 0 radical (unpaired) electrons. The molecule has 1 aliphatic rings. The van der Waals surface area contributed by atoms with Crippen LogP contribution in [0.5, 0.6) is 0 Å². The maximum absolute atomic E-state index is 4.75. The first kappa shape index (κ1) is 13.7. The Balaban J connectivity index is 1.94. The Morgan fingerprint density at radius 3 is 2.44 bits per heavy atom. The lowest BCUT2D eigenvalue weighted by molar-refractivity contribution is 0.579. The average molecular weight is 223 g/mol. The van der Waals surface area contributed by atoms with Gasteiger partial charge in [0.2, 0.25) is 0 Å². The van der Waals surface area contributed by atoms with E-state index in [1.54, 1.807) is 0 Å². The third-order valence-corrected chi connectivity index (χ3v) is 3.56. The van der Waals surface area contributed by atoms with Crippen LogP contribution in [0.25, 0.3) is 0 Å². The number of rotatable bonds is 8. The Morgan fingerprint density at radius 1 is 1.06 bits per heavy atom. The van der Waals surface area contributed by atoms with Crippen molar-refractivity contribution < 1.29 is 0 Å². The quantitative estimate of drug-likeness (QED) is 0.505. The highest BCUT2D eigenvalue weighted by atomic mass is 14.8. The SMILES string of the molecule is CCCCCCCCCC1=N[C@@H](C)CCC1. The first-order valence-electron chi connectivity index (χ1n) is 7.38. The average Bonchev–Trinajstić information content (AvgIpc) is 2.28. The van der Waals surface area contributed by atoms with Gasteiger partial charge in [0.1, 0.15) is 0 Å². The monoisotopic (exact) mass is 223 g/mol. The fraction of sp³-hybridized carbons (Fsp3) is 0.933. The molecule has 0 N–H and O–H groups in total.